The Hall–Kier alpha value is -3.38. The molecule has 10 heteroatoms. The minimum absolute atomic E-state index is 0.0966. The Bertz CT molecular complexity index is 1280. The maximum atomic E-state index is 12.7. The van der Waals surface area contributed by atoms with Crippen molar-refractivity contribution in [2.24, 2.45) is 0 Å². The van der Waals surface area contributed by atoms with Crippen molar-refractivity contribution in [2.45, 2.75) is 179 Å². The summed E-state index contributed by atoms with van der Waals surface area (Å²) in [4.78, 5) is 25.3. The zero-order chi connectivity index (χ0) is 43.0. The maximum absolute atomic E-state index is 12.7. The minimum Gasteiger partial charge on any atom is -0.462 e. The van der Waals surface area contributed by atoms with E-state index in [4.69, 9.17) is 18.9 Å². The first-order valence-corrected chi connectivity index (χ1v) is 22.3. The van der Waals surface area contributed by atoms with Gasteiger partial charge in [-0.3, -0.25) is 9.59 Å². The largest absolute Gasteiger partial charge is 0.462 e. The quantitative estimate of drug-likeness (QED) is 0.0276. The van der Waals surface area contributed by atoms with Crippen LogP contribution in [0.3, 0.4) is 0 Å². The van der Waals surface area contributed by atoms with Crippen LogP contribution >= 0.6 is 0 Å². The third kappa shape index (κ3) is 30.3. The lowest BCUT2D eigenvalue weighted by atomic mass is 9.99. The number of hydrogen-bond acceptors (Lipinski definition) is 10. The summed E-state index contributed by atoms with van der Waals surface area (Å²) in [5, 5.41) is 40.1. The standard InChI is InChI=1S/C49H78O10/c1-3-5-7-9-11-13-15-17-19-20-21-22-24-26-28-30-32-34-36-38-45(52)58-42(41-57-49-48(55)47(54)46(53)43(39-50)59-49)40-56-44(51)37-35-33-31-29-27-25-23-18-16-14-12-10-8-6-4-2/h6,8,11-14,17-19,21-23,26,28,32,34,42-43,46-50,53-55H,3-5,7,9-10,15-16,20,24-25,27,29-31,33,35-41H2,1-2H3/b8-6+,13-11+,14-12+,19-17+,22-21+,23-18+,28-26+,34-32+/t42-,43-,46+,47?,48?,49-/m1/s1. The molecule has 0 aromatic rings. The molecule has 0 aromatic carbocycles. The average molecular weight is 827 g/mol. The number of allylic oxidation sites excluding steroid dienone is 16. The van der Waals surface area contributed by atoms with Crippen molar-refractivity contribution in [3.63, 3.8) is 0 Å². The highest BCUT2D eigenvalue weighted by molar-refractivity contribution is 5.70. The number of unbranched alkanes of at least 4 members (excludes halogenated alkanes) is 8. The number of hydrogen-bond donors (Lipinski definition) is 4. The van der Waals surface area contributed by atoms with E-state index < -0.39 is 55.4 Å². The van der Waals surface area contributed by atoms with Gasteiger partial charge in [-0.25, -0.2) is 0 Å². The van der Waals surface area contributed by atoms with Crippen LogP contribution in [0.5, 0.6) is 0 Å². The van der Waals surface area contributed by atoms with Gasteiger partial charge in [-0.2, -0.15) is 0 Å². The van der Waals surface area contributed by atoms with Crippen LogP contribution < -0.4 is 0 Å². The molecule has 0 saturated carbocycles. The Morgan fingerprint density at radius 2 is 1.03 bits per heavy atom. The van der Waals surface area contributed by atoms with Crippen LogP contribution in [0.2, 0.25) is 0 Å². The van der Waals surface area contributed by atoms with Gasteiger partial charge in [-0.15, -0.1) is 0 Å². The maximum Gasteiger partial charge on any atom is 0.306 e. The number of esters is 2. The smallest absolute Gasteiger partial charge is 0.306 e. The van der Waals surface area contributed by atoms with Crippen LogP contribution in [0.25, 0.3) is 0 Å². The summed E-state index contributed by atoms with van der Waals surface area (Å²) in [6, 6.07) is 0. The molecule has 6 atom stereocenters. The number of ether oxygens (including phenoxy) is 4. The second-order valence-corrected chi connectivity index (χ2v) is 14.8. The van der Waals surface area contributed by atoms with Crippen LogP contribution in [0.15, 0.2) is 97.2 Å². The summed E-state index contributed by atoms with van der Waals surface area (Å²) in [6.45, 7) is 3.17. The third-order valence-corrected chi connectivity index (χ3v) is 9.47. The SMILES string of the molecule is CC/C=C/C/C=C/C/C=C/CCCCCCCC(=O)OC[C@H](CO[C@@H]1O[C@H](CO)[C@H](O)C(O)C1O)OC(=O)CC/C=C/C/C=C/C/C=C/C/C=C/C/C=C/CCCCC. The molecule has 1 aliphatic rings. The van der Waals surface area contributed by atoms with Crippen molar-refractivity contribution in [1.29, 1.82) is 0 Å². The normalized spacial score (nSPS) is 20.9. The molecule has 1 fully saturated rings. The molecule has 0 aliphatic carbocycles. The fraction of sp³-hybridized carbons (Fsp3) is 0.633. The third-order valence-electron chi connectivity index (χ3n) is 9.47. The predicted molar refractivity (Wildman–Crippen MR) is 237 cm³/mol. The van der Waals surface area contributed by atoms with Crippen molar-refractivity contribution in [2.75, 3.05) is 19.8 Å². The molecule has 1 aliphatic heterocycles. The van der Waals surface area contributed by atoms with Crippen LogP contribution in [-0.4, -0.2) is 89.0 Å². The van der Waals surface area contributed by atoms with Crippen molar-refractivity contribution in [1.82, 2.24) is 0 Å². The molecule has 0 aromatic heterocycles. The lowest BCUT2D eigenvalue weighted by molar-refractivity contribution is -0.305. The van der Waals surface area contributed by atoms with E-state index in [2.05, 4.69) is 98.9 Å². The minimum atomic E-state index is -1.62. The van der Waals surface area contributed by atoms with Crippen molar-refractivity contribution >= 4 is 11.9 Å². The molecule has 334 valence electrons. The number of aliphatic hydroxyl groups is 4. The first-order chi connectivity index (χ1) is 28.8. The molecule has 1 rings (SSSR count). The van der Waals surface area contributed by atoms with Gasteiger partial charge < -0.3 is 39.4 Å². The molecule has 1 saturated heterocycles. The average Bonchev–Trinajstić information content (AvgIpc) is 3.23. The van der Waals surface area contributed by atoms with E-state index in [-0.39, 0.29) is 26.1 Å². The topological polar surface area (TPSA) is 152 Å². The predicted octanol–water partition coefficient (Wildman–Crippen LogP) is 9.55. The monoisotopic (exact) mass is 827 g/mol. The molecular weight excluding hydrogens is 749 g/mol. The Balaban J connectivity index is 2.42. The number of carbonyl (C=O) groups is 2. The van der Waals surface area contributed by atoms with Gasteiger partial charge in [0.1, 0.15) is 31.0 Å². The number of carbonyl (C=O) groups excluding carboxylic acids is 2. The van der Waals surface area contributed by atoms with E-state index in [9.17, 15) is 30.0 Å². The van der Waals surface area contributed by atoms with E-state index in [0.717, 1.165) is 77.0 Å². The second kappa shape index (κ2) is 38.8. The molecule has 2 unspecified atom stereocenters. The number of rotatable bonds is 35. The van der Waals surface area contributed by atoms with Gasteiger partial charge in [0.25, 0.3) is 0 Å². The molecule has 1 heterocycles. The van der Waals surface area contributed by atoms with Crippen LogP contribution in [0, 0.1) is 0 Å². The fourth-order valence-corrected chi connectivity index (χ4v) is 5.95. The molecule has 10 nitrogen and oxygen atoms in total. The second-order valence-electron chi connectivity index (χ2n) is 14.8. The van der Waals surface area contributed by atoms with Gasteiger partial charge in [0, 0.05) is 12.8 Å². The molecule has 0 spiro atoms. The van der Waals surface area contributed by atoms with Crippen molar-refractivity contribution < 1.29 is 49.0 Å². The summed E-state index contributed by atoms with van der Waals surface area (Å²) in [5.74, 6) is -0.934. The van der Waals surface area contributed by atoms with Crippen LogP contribution in [0.1, 0.15) is 142 Å². The summed E-state index contributed by atoms with van der Waals surface area (Å²) >= 11 is 0. The fourth-order valence-electron chi connectivity index (χ4n) is 5.95. The highest BCUT2D eigenvalue weighted by Crippen LogP contribution is 2.22. The van der Waals surface area contributed by atoms with Crippen molar-refractivity contribution in [3.05, 3.63) is 97.2 Å². The van der Waals surface area contributed by atoms with E-state index in [0.29, 0.717) is 12.8 Å². The highest BCUT2D eigenvalue weighted by atomic mass is 16.7. The van der Waals surface area contributed by atoms with Gasteiger partial charge in [-0.05, 0) is 83.5 Å². The zero-order valence-electron chi connectivity index (χ0n) is 36.2. The molecule has 0 bridgehead atoms. The Kier molecular flexibility index (Phi) is 35.3. The van der Waals surface area contributed by atoms with Gasteiger partial charge in [-0.1, -0.05) is 143 Å². The molecule has 0 amide bonds. The lowest BCUT2D eigenvalue weighted by Gasteiger charge is -2.39. The zero-order valence-corrected chi connectivity index (χ0v) is 36.2. The van der Waals surface area contributed by atoms with E-state index >= 15 is 0 Å². The van der Waals surface area contributed by atoms with Gasteiger partial charge >= 0.3 is 11.9 Å². The first kappa shape index (κ1) is 53.6. The van der Waals surface area contributed by atoms with Gasteiger partial charge in [0.05, 0.1) is 13.2 Å². The Labute approximate surface area is 356 Å². The van der Waals surface area contributed by atoms with E-state index in [1.807, 2.05) is 12.2 Å². The van der Waals surface area contributed by atoms with E-state index in [1.54, 1.807) is 0 Å². The van der Waals surface area contributed by atoms with Crippen LogP contribution in [-0.2, 0) is 28.5 Å². The Morgan fingerprint density at radius 1 is 0.542 bits per heavy atom. The molecule has 0 radical (unpaired) electrons. The summed E-state index contributed by atoms with van der Waals surface area (Å²) in [6.07, 6.45) is 44.2. The van der Waals surface area contributed by atoms with Crippen LogP contribution in [0.4, 0.5) is 0 Å². The summed E-state index contributed by atoms with van der Waals surface area (Å²) in [7, 11) is 0. The molecule has 4 N–H and O–H groups in total. The lowest BCUT2D eigenvalue weighted by Crippen LogP contribution is -2.59. The first-order valence-electron chi connectivity index (χ1n) is 22.3. The molecule has 59 heavy (non-hydrogen) atoms. The van der Waals surface area contributed by atoms with Gasteiger partial charge in [0.15, 0.2) is 12.4 Å². The Morgan fingerprint density at radius 3 is 1.58 bits per heavy atom. The van der Waals surface area contributed by atoms with Crippen molar-refractivity contribution in [3.8, 4) is 0 Å². The summed E-state index contributed by atoms with van der Waals surface area (Å²) < 4.78 is 22.0. The summed E-state index contributed by atoms with van der Waals surface area (Å²) in [5.41, 5.74) is 0. The van der Waals surface area contributed by atoms with Gasteiger partial charge in [0.2, 0.25) is 0 Å². The molecular formula is C49H78O10. The number of aliphatic hydroxyl groups excluding tert-OH is 4. The highest BCUT2D eigenvalue weighted by Gasteiger charge is 2.44. The van der Waals surface area contributed by atoms with E-state index in [1.165, 1.54) is 25.7 Å².